The minimum absolute atomic E-state index is 0. The molecule has 2 N–H and O–H groups in total. The Morgan fingerprint density at radius 3 is 2.74 bits per heavy atom. The fourth-order valence-electron chi connectivity index (χ4n) is 3.66. The van der Waals surface area contributed by atoms with E-state index in [4.69, 9.17) is 5.26 Å². The number of aliphatic hydroxyl groups is 1. The molecule has 0 aromatic heterocycles. The van der Waals surface area contributed by atoms with Gasteiger partial charge >= 0.3 is 0 Å². The van der Waals surface area contributed by atoms with Crippen LogP contribution < -0.4 is 5.32 Å². The molecule has 3 aliphatic heterocycles. The van der Waals surface area contributed by atoms with E-state index in [0.717, 1.165) is 32.1 Å². The predicted molar refractivity (Wildman–Crippen MR) is 71.7 cm³/mol. The summed E-state index contributed by atoms with van der Waals surface area (Å²) in [5.74, 6) is 0.304. The summed E-state index contributed by atoms with van der Waals surface area (Å²) in [6.45, 7) is 0.704. The number of hydrogen-bond acceptors (Lipinski definition) is 4. The molecule has 0 unspecified atom stereocenters. The van der Waals surface area contributed by atoms with Crippen molar-refractivity contribution < 1.29 is 9.90 Å². The number of rotatable bonds is 1. The molecule has 4 aliphatic rings. The number of nitriles is 1. The molecular weight excluding hydrogens is 266 g/mol. The highest BCUT2D eigenvalue weighted by Gasteiger charge is 2.46. The lowest BCUT2D eigenvalue weighted by molar-refractivity contribution is -0.139. The first-order chi connectivity index (χ1) is 8.70. The van der Waals surface area contributed by atoms with Crippen molar-refractivity contribution >= 4 is 18.3 Å². The van der Waals surface area contributed by atoms with Gasteiger partial charge in [0.2, 0.25) is 5.91 Å². The van der Waals surface area contributed by atoms with Gasteiger partial charge in [-0.05, 0) is 38.0 Å². The van der Waals surface area contributed by atoms with Crippen molar-refractivity contribution in [3.63, 3.8) is 0 Å². The Kier molecular flexibility index (Phi) is 4.34. The Labute approximate surface area is 119 Å². The third kappa shape index (κ3) is 2.45. The van der Waals surface area contributed by atoms with Crippen molar-refractivity contribution in [3.05, 3.63) is 0 Å². The maximum Gasteiger partial charge on any atom is 0.241 e. The zero-order valence-electron chi connectivity index (χ0n) is 10.8. The number of aliphatic hydroxyl groups excluding tert-OH is 1. The summed E-state index contributed by atoms with van der Waals surface area (Å²) in [5.41, 5.74) is 0. The van der Waals surface area contributed by atoms with Crippen LogP contribution >= 0.6 is 12.4 Å². The fraction of sp³-hybridized carbons (Fsp3) is 0.846. The molecule has 4 fully saturated rings. The highest BCUT2D eigenvalue weighted by molar-refractivity contribution is 5.85. The minimum Gasteiger partial charge on any atom is -0.391 e. The standard InChI is InChI=1S/C13H19N3O2.ClH/c14-7-9-2-1-5-16(9)13(18)12-8-3-4-10(15-12)11(17)6-8;/h8-12,15,17H,1-6H2;1H/t8-,9+,10+,11+,12+;/m1./s1. The van der Waals surface area contributed by atoms with Crippen LogP contribution in [-0.2, 0) is 4.79 Å². The van der Waals surface area contributed by atoms with E-state index in [1.807, 2.05) is 0 Å². The molecule has 0 aromatic rings. The Morgan fingerprint density at radius 1 is 1.37 bits per heavy atom. The normalized spacial score (nSPS) is 40.6. The number of fused-ring (bicyclic) bond motifs is 3. The lowest BCUT2D eigenvalue weighted by Crippen LogP contribution is -2.64. The highest BCUT2D eigenvalue weighted by Crippen LogP contribution is 2.35. The molecule has 19 heavy (non-hydrogen) atoms. The van der Waals surface area contributed by atoms with Crippen LogP contribution in [0.1, 0.15) is 32.1 Å². The molecular formula is C13H20ClN3O2. The second-order valence-electron chi connectivity index (χ2n) is 5.71. The topological polar surface area (TPSA) is 76.4 Å². The van der Waals surface area contributed by atoms with Crippen LogP contribution in [-0.4, -0.2) is 46.7 Å². The summed E-state index contributed by atoms with van der Waals surface area (Å²) in [7, 11) is 0. The Balaban J connectivity index is 0.00000133. The van der Waals surface area contributed by atoms with Crippen LogP contribution in [0.25, 0.3) is 0 Å². The summed E-state index contributed by atoms with van der Waals surface area (Å²) in [6, 6.07) is 1.85. The summed E-state index contributed by atoms with van der Waals surface area (Å²) in [4.78, 5) is 14.2. The number of likely N-dealkylation sites (tertiary alicyclic amines) is 1. The summed E-state index contributed by atoms with van der Waals surface area (Å²) in [5, 5.41) is 22.1. The van der Waals surface area contributed by atoms with Gasteiger partial charge < -0.3 is 15.3 Å². The van der Waals surface area contributed by atoms with E-state index in [1.54, 1.807) is 4.90 Å². The van der Waals surface area contributed by atoms with Gasteiger partial charge in [0, 0.05) is 12.6 Å². The molecule has 2 bridgehead atoms. The lowest BCUT2D eigenvalue weighted by atomic mass is 9.74. The van der Waals surface area contributed by atoms with Gasteiger partial charge in [-0.1, -0.05) is 0 Å². The quantitative estimate of drug-likeness (QED) is 0.732. The largest absolute Gasteiger partial charge is 0.391 e. The van der Waals surface area contributed by atoms with E-state index in [0.29, 0.717) is 6.54 Å². The van der Waals surface area contributed by atoms with Crippen molar-refractivity contribution in [1.29, 1.82) is 5.26 Å². The summed E-state index contributed by atoms with van der Waals surface area (Å²) < 4.78 is 0. The predicted octanol–water partition coefficient (Wildman–Crippen LogP) is 0.424. The van der Waals surface area contributed by atoms with Crippen LogP contribution in [0, 0.1) is 17.2 Å². The summed E-state index contributed by atoms with van der Waals surface area (Å²) in [6.07, 6.45) is 4.10. The molecule has 3 saturated heterocycles. The number of carbonyl (C=O) groups is 1. The fourth-order valence-corrected chi connectivity index (χ4v) is 3.66. The molecule has 0 aromatic carbocycles. The molecule has 0 spiro atoms. The van der Waals surface area contributed by atoms with Crippen molar-refractivity contribution in [1.82, 2.24) is 10.2 Å². The van der Waals surface area contributed by atoms with E-state index in [1.165, 1.54) is 0 Å². The Bertz CT molecular complexity index is 398. The average molecular weight is 286 g/mol. The highest BCUT2D eigenvalue weighted by atomic mass is 35.5. The van der Waals surface area contributed by atoms with Crippen LogP contribution in [0.2, 0.25) is 0 Å². The Morgan fingerprint density at radius 2 is 2.16 bits per heavy atom. The molecule has 3 heterocycles. The van der Waals surface area contributed by atoms with Crippen molar-refractivity contribution in [2.45, 2.75) is 56.3 Å². The number of halogens is 1. The molecule has 1 aliphatic carbocycles. The molecule has 1 saturated carbocycles. The van der Waals surface area contributed by atoms with Gasteiger partial charge in [-0.3, -0.25) is 4.79 Å². The van der Waals surface area contributed by atoms with E-state index in [-0.39, 0.29) is 48.5 Å². The molecule has 6 heteroatoms. The van der Waals surface area contributed by atoms with E-state index in [2.05, 4.69) is 11.4 Å². The molecule has 5 atom stereocenters. The van der Waals surface area contributed by atoms with E-state index < -0.39 is 0 Å². The van der Waals surface area contributed by atoms with Gasteiger partial charge in [0.25, 0.3) is 0 Å². The van der Waals surface area contributed by atoms with Gasteiger partial charge in [0.1, 0.15) is 6.04 Å². The van der Waals surface area contributed by atoms with Gasteiger partial charge in [0.15, 0.2) is 0 Å². The van der Waals surface area contributed by atoms with Crippen molar-refractivity contribution in [3.8, 4) is 6.07 Å². The van der Waals surface area contributed by atoms with Crippen molar-refractivity contribution in [2.24, 2.45) is 5.92 Å². The third-order valence-electron chi connectivity index (χ3n) is 4.67. The SMILES string of the molecule is Cl.N#C[C@@H]1CCCN1C(=O)[C@H]1N[C@H]2CC[C@@H]1C[C@@H]2O. The van der Waals surface area contributed by atoms with Gasteiger partial charge in [-0.25, -0.2) is 0 Å². The first kappa shape index (κ1) is 14.6. The maximum atomic E-state index is 12.5. The van der Waals surface area contributed by atoms with E-state index >= 15 is 0 Å². The maximum absolute atomic E-state index is 12.5. The monoisotopic (exact) mass is 285 g/mol. The van der Waals surface area contributed by atoms with Crippen LogP contribution in [0.3, 0.4) is 0 Å². The molecule has 0 radical (unpaired) electrons. The molecule has 106 valence electrons. The average Bonchev–Trinajstić information content (AvgIpc) is 2.86. The number of nitrogens with one attached hydrogen (secondary N) is 1. The van der Waals surface area contributed by atoms with Crippen LogP contribution in [0.4, 0.5) is 0 Å². The third-order valence-corrected chi connectivity index (χ3v) is 4.67. The van der Waals surface area contributed by atoms with Gasteiger partial charge in [-0.15, -0.1) is 12.4 Å². The van der Waals surface area contributed by atoms with E-state index in [9.17, 15) is 9.90 Å². The zero-order chi connectivity index (χ0) is 12.7. The number of piperidine rings is 2. The minimum atomic E-state index is -0.307. The lowest BCUT2D eigenvalue weighted by Gasteiger charge is -2.46. The molecule has 1 amide bonds. The second kappa shape index (κ2) is 5.66. The van der Waals surface area contributed by atoms with Crippen molar-refractivity contribution in [2.75, 3.05) is 6.54 Å². The number of amides is 1. The Hall–Kier alpha value is -0.830. The van der Waals surface area contributed by atoms with Crippen LogP contribution in [0.15, 0.2) is 0 Å². The number of hydrogen-bond donors (Lipinski definition) is 2. The first-order valence-corrected chi connectivity index (χ1v) is 6.85. The molecule has 5 nitrogen and oxygen atoms in total. The first-order valence-electron chi connectivity index (χ1n) is 6.85. The zero-order valence-corrected chi connectivity index (χ0v) is 11.6. The number of nitrogens with zero attached hydrogens (tertiary/aromatic N) is 2. The van der Waals surface area contributed by atoms with Gasteiger partial charge in [-0.2, -0.15) is 5.26 Å². The molecule has 4 rings (SSSR count). The second-order valence-corrected chi connectivity index (χ2v) is 5.71. The van der Waals surface area contributed by atoms with Gasteiger partial charge in [0.05, 0.1) is 18.2 Å². The summed E-state index contributed by atoms with van der Waals surface area (Å²) >= 11 is 0. The van der Waals surface area contributed by atoms with Crippen LogP contribution in [0.5, 0.6) is 0 Å². The number of carbonyl (C=O) groups excluding carboxylic acids is 1. The smallest absolute Gasteiger partial charge is 0.241 e.